The molecule has 1 aromatic rings. The van der Waals surface area contributed by atoms with Crippen LogP contribution in [0.5, 0.6) is 0 Å². The van der Waals surface area contributed by atoms with E-state index < -0.39 is 21.9 Å². The van der Waals surface area contributed by atoms with Crippen LogP contribution in [-0.4, -0.2) is 54.3 Å². The summed E-state index contributed by atoms with van der Waals surface area (Å²) in [5.74, 6) is -0.537. The zero-order chi connectivity index (χ0) is 16.5. The van der Waals surface area contributed by atoms with Gasteiger partial charge in [0.05, 0.1) is 5.88 Å². The summed E-state index contributed by atoms with van der Waals surface area (Å²) in [5, 5.41) is 0. The molecule has 8 heteroatoms. The first-order chi connectivity index (χ1) is 10.3. The lowest BCUT2D eigenvalue weighted by molar-refractivity contribution is -0.134. The minimum atomic E-state index is -4.03. The van der Waals surface area contributed by atoms with Crippen LogP contribution in [0, 0.1) is 5.82 Å². The third kappa shape index (κ3) is 3.13. The van der Waals surface area contributed by atoms with Crippen LogP contribution >= 0.6 is 11.8 Å². The summed E-state index contributed by atoms with van der Waals surface area (Å²) in [6.45, 7) is 3.71. The van der Waals surface area contributed by atoms with E-state index in [0.717, 1.165) is 10.4 Å². The molecule has 0 radical (unpaired) electrons. The maximum absolute atomic E-state index is 13.8. The van der Waals surface area contributed by atoms with Crippen molar-refractivity contribution in [2.75, 3.05) is 18.7 Å². The Morgan fingerprint density at radius 1 is 1.41 bits per heavy atom. The number of halogens is 1. The molecule has 1 aliphatic rings. The molecule has 0 unspecified atom stereocenters. The SMILES string of the molecule is CC(C)N(C)C(=O)[C@H]1CSCN1S(=O)(=O)c1ccccc1F. The van der Waals surface area contributed by atoms with Crippen LogP contribution in [0.1, 0.15) is 13.8 Å². The third-order valence-corrected chi connectivity index (χ3v) is 6.74. The van der Waals surface area contributed by atoms with E-state index in [1.165, 1.54) is 34.9 Å². The molecule has 0 aromatic heterocycles. The van der Waals surface area contributed by atoms with E-state index in [-0.39, 0.29) is 22.7 Å². The van der Waals surface area contributed by atoms with Crippen molar-refractivity contribution in [1.82, 2.24) is 9.21 Å². The quantitative estimate of drug-likeness (QED) is 0.833. The van der Waals surface area contributed by atoms with E-state index >= 15 is 0 Å². The van der Waals surface area contributed by atoms with E-state index in [9.17, 15) is 17.6 Å². The minimum absolute atomic E-state index is 0.0314. The topological polar surface area (TPSA) is 57.7 Å². The molecule has 22 heavy (non-hydrogen) atoms. The summed E-state index contributed by atoms with van der Waals surface area (Å²) in [7, 11) is -2.39. The lowest BCUT2D eigenvalue weighted by Crippen LogP contribution is -2.49. The first-order valence-electron chi connectivity index (χ1n) is 6.87. The van der Waals surface area contributed by atoms with Crippen LogP contribution in [0.3, 0.4) is 0 Å². The number of likely N-dealkylation sites (N-methyl/N-ethyl adjacent to an activating group) is 1. The van der Waals surface area contributed by atoms with Gasteiger partial charge in [-0.2, -0.15) is 4.31 Å². The van der Waals surface area contributed by atoms with Crippen LogP contribution in [0.2, 0.25) is 0 Å². The van der Waals surface area contributed by atoms with Crippen molar-refractivity contribution in [3.8, 4) is 0 Å². The molecule has 0 N–H and O–H groups in total. The maximum Gasteiger partial charge on any atom is 0.247 e. The number of hydrogen-bond donors (Lipinski definition) is 0. The number of benzene rings is 1. The van der Waals surface area contributed by atoms with Crippen LogP contribution in [0.4, 0.5) is 4.39 Å². The fourth-order valence-corrected chi connectivity index (χ4v) is 5.33. The van der Waals surface area contributed by atoms with Gasteiger partial charge >= 0.3 is 0 Å². The molecular weight excluding hydrogens is 327 g/mol. The number of rotatable bonds is 4. The van der Waals surface area contributed by atoms with Gasteiger partial charge in [-0.3, -0.25) is 4.79 Å². The Hall–Kier alpha value is -1.12. The molecule has 1 fully saturated rings. The van der Waals surface area contributed by atoms with Crippen LogP contribution in [0.15, 0.2) is 29.2 Å². The van der Waals surface area contributed by atoms with Crippen molar-refractivity contribution in [3.63, 3.8) is 0 Å². The predicted molar refractivity (Wildman–Crippen MR) is 84.4 cm³/mol. The fourth-order valence-electron chi connectivity index (χ4n) is 2.13. The molecule has 5 nitrogen and oxygen atoms in total. The highest BCUT2D eigenvalue weighted by Crippen LogP contribution is 2.30. The largest absolute Gasteiger partial charge is 0.342 e. The van der Waals surface area contributed by atoms with Gasteiger partial charge in [0.15, 0.2) is 0 Å². The van der Waals surface area contributed by atoms with Crippen molar-refractivity contribution in [2.24, 2.45) is 0 Å². The van der Waals surface area contributed by atoms with E-state index in [4.69, 9.17) is 0 Å². The number of carbonyl (C=O) groups excluding carboxylic acids is 1. The average Bonchev–Trinajstić information content (AvgIpc) is 2.96. The average molecular weight is 346 g/mol. The molecule has 2 rings (SSSR count). The summed E-state index contributed by atoms with van der Waals surface area (Å²) < 4.78 is 40.3. The molecule has 0 aliphatic carbocycles. The van der Waals surface area contributed by atoms with Gasteiger partial charge in [0.2, 0.25) is 15.9 Å². The number of nitrogens with zero attached hydrogens (tertiary/aromatic N) is 2. The maximum atomic E-state index is 13.8. The second kappa shape index (κ2) is 6.55. The van der Waals surface area contributed by atoms with Gasteiger partial charge < -0.3 is 4.90 Å². The highest BCUT2D eigenvalue weighted by atomic mass is 32.2. The van der Waals surface area contributed by atoms with E-state index in [1.807, 2.05) is 13.8 Å². The highest BCUT2D eigenvalue weighted by Gasteiger charge is 2.42. The van der Waals surface area contributed by atoms with Gasteiger partial charge in [-0.25, -0.2) is 12.8 Å². The van der Waals surface area contributed by atoms with E-state index in [0.29, 0.717) is 5.75 Å². The number of hydrogen-bond acceptors (Lipinski definition) is 4. The molecular formula is C14H19FN2O3S2. The van der Waals surface area contributed by atoms with Crippen LogP contribution in [-0.2, 0) is 14.8 Å². The normalized spacial score (nSPS) is 19.6. The Bertz CT molecular complexity index is 664. The number of thioether (sulfide) groups is 1. The fraction of sp³-hybridized carbons (Fsp3) is 0.500. The minimum Gasteiger partial charge on any atom is -0.342 e. The van der Waals surface area contributed by atoms with Gasteiger partial charge in [-0.15, -0.1) is 11.8 Å². The van der Waals surface area contributed by atoms with Crippen LogP contribution in [0.25, 0.3) is 0 Å². The molecule has 0 saturated carbocycles. The van der Waals surface area contributed by atoms with Crippen LogP contribution < -0.4 is 0 Å². The lowest BCUT2D eigenvalue weighted by atomic mass is 10.2. The van der Waals surface area contributed by atoms with Crippen molar-refractivity contribution in [2.45, 2.75) is 30.8 Å². The summed E-state index contributed by atoms with van der Waals surface area (Å²) in [6.07, 6.45) is 0. The monoisotopic (exact) mass is 346 g/mol. The second-order valence-electron chi connectivity index (χ2n) is 5.38. The smallest absolute Gasteiger partial charge is 0.247 e. The van der Waals surface area contributed by atoms with E-state index in [1.54, 1.807) is 7.05 Å². The van der Waals surface area contributed by atoms with Crippen molar-refractivity contribution >= 4 is 27.7 Å². The van der Waals surface area contributed by atoms with Crippen molar-refractivity contribution < 1.29 is 17.6 Å². The molecule has 1 aliphatic heterocycles. The zero-order valence-electron chi connectivity index (χ0n) is 12.7. The Morgan fingerprint density at radius 3 is 2.64 bits per heavy atom. The number of amides is 1. The lowest BCUT2D eigenvalue weighted by Gasteiger charge is -2.29. The Kier molecular flexibility index (Phi) is 5.14. The Labute approximate surface area is 134 Å². The molecule has 0 spiro atoms. The number of sulfonamides is 1. The molecule has 122 valence electrons. The van der Waals surface area contributed by atoms with Gasteiger partial charge in [-0.1, -0.05) is 12.1 Å². The van der Waals surface area contributed by atoms with Gasteiger partial charge in [0, 0.05) is 18.8 Å². The predicted octanol–water partition coefficient (Wildman–Crippen LogP) is 1.76. The van der Waals surface area contributed by atoms with Crippen molar-refractivity contribution in [3.05, 3.63) is 30.1 Å². The molecule has 1 atom stereocenters. The molecule has 1 saturated heterocycles. The third-order valence-electron chi connectivity index (χ3n) is 3.67. The first-order valence-corrected chi connectivity index (χ1v) is 9.47. The summed E-state index contributed by atoms with van der Waals surface area (Å²) in [5.41, 5.74) is 0. The standard InChI is InChI=1S/C14H19FN2O3S2/c1-10(2)16(3)14(18)12-8-21-9-17(12)22(19,20)13-7-5-4-6-11(13)15/h4-7,10,12H,8-9H2,1-3H3/t12-/m1/s1. The molecule has 0 bridgehead atoms. The highest BCUT2D eigenvalue weighted by molar-refractivity contribution is 8.00. The second-order valence-corrected chi connectivity index (χ2v) is 8.24. The van der Waals surface area contributed by atoms with Gasteiger partial charge in [-0.05, 0) is 26.0 Å². The summed E-state index contributed by atoms with van der Waals surface area (Å²) in [4.78, 5) is 13.6. The first kappa shape index (κ1) is 17.2. The molecule has 1 heterocycles. The Morgan fingerprint density at radius 2 is 2.05 bits per heavy atom. The zero-order valence-corrected chi connectivity index (χ0v) is 14.3. The molecule has 1 amide bonds. The Balaban J connectivity index is 2.35. The summed E-state index contributed by atoms with van der Waals surface area (Å²) >= 11 is 1.35. The molecule has 1 aromatic carbocycles. The van der Waals surface area contributed by atoms with E-state index in [2.05, 4.69) is 0 Å². The number of carbonyl (C=O) groups is 1. The van der Waals surface area contributed by atoms with Gasteiger partial charge in [0.25, 0.3) is 0 Å². The summed E-state index contributed by atoms with van der Waals surface area (Å²) in [6, 6.07) is 4.41. The van der Waals surface area contributed by atoms with Crippen molar-refractivity contribution in [1.29, 1.82) is 0 Å². The van der Waals surface area contributed by atoms with Gasteiger partial charge in [0.1, 0.15) is 16.8 Å².